The van der Waals surface area contributed by atoms with E-state index in [1.807, 2.05) is 0 Å². The van der Waals surface area contributed by atoms with E-state index in [0.29, 0.717) is 0 Å². The van der Waals surface area contributed by atoms with Crippen molar-refractivity contribution < 1.29 is 4.74 Å². The molecule has 1 nitrogen and oxygen atoms in total. The molecule has 0 radical (unpaired) electrons. The first kappa shape index (κ1) is 21.8. The van der Waals surface area contributed by atoms with Crippen LogP contribution < -0.4 is 0 Å². The summed E-state index contributed by atoms with van der Waals surface area (Å²) in [4.78, 5) is 0. The van der Waals surface area contributed by atoms with E-state index in [-0.39, 0.29) is 0 Å². The van der Waals surface area contributed by atoms with Crippen LogP contribution in [0.3, 0.4) is 0 Å². The van der Waals surface area contributed by atoms with Crippen molar-refractivity contribution in [1.29, 1.82) is 0 Å². The van der Waals surface area contributed by atoms with Gasteiger partial charge in [0.25, 0.3) is 0 Å². The molecule has 6 aromatic carbocycles. The lowest BCUT2D eigenvalue weighted by Crippen LogP contribution is -2.47. The molecule has 0 aromatic heterocycles. The molecule has 0 spiro atoms. The van der Waals surface area contributed by atoms with Crippen LogP contribution in [0.25, 0.3) is 10.8 Å². The van der Waals surface area contributed by atoms with Gasteiger partial charge in [0.15, 0.2) is 0 Å². The molecule has 0 atom stereocenters. The molecular formula is C36H26O. The minimum absolute atomic E-state index is 0.831. The predicted molar refractivity (Wildman–Crippen MR) is 151 cm³/mol. The minimum atomic E-state index is -0.831. The molecule has 1 aliphatic rings. The summed E-state index contributed by atoms with van der Waals surface area (Å²) in [6.45, 7) is 0. The predicted octanol–water partition coefficient (Wildman–Crippen LogP) is 8.45. The second kappa shape index (κ2) is 8.58. The Bertz CT molecular complexity index is 1470. The maximum Gasteiger partial charge on any atom is 0.146 e. The topological polar surface area (TPSA) is 9.23 Å². The lowest BCUT2D eigenvalue weighted by molar-refractivity contribution is -0.0849. The molecule has 37 heavy (non-hydrogen) atoms. The van der Waals surface area contributed by atoms with E-state index < -0.39 is 11.2 Å². The Morgan fingerprint density at radius 2 is 0.649 bits per heavy atom. The molecule has 176 valence electrons. The first-order valence-electron chi connectivity index (χ1n) is 12.8. The Morgan fingerprint density at radius 3 is 0.973 bits per heavy atom. The maximum atomic E-state index is 7.82. The molecule has 1 heteroatoms. The van der Waals surface area contributed by atoms with Gasteiger partial charge in [-0.05, 0) is 33.0 Å². The zero-order chi connectivity index (χ0) is 24.7. The standard InChI is InChI=1S/C36H26O/c1-5-17-28(18-6-1)35(29-19-7-2-8-20-29)32-25-13-15-27-16-14-26-33(34(27)32)36(37-35,30-21-9-3-10-22-30)31-23-11-4-12-24-31/h1-26H. The van der Waals surface area contributed by atoms with Gasteiger partial charge in [0.1, 0.15) is 11.2 Å². The van der Waals surface area contributed by atoms with Crippen LogP contribution in [0, 0.1) is 0 Å². The van der Waals surface area contributed by atoms with E-state index >= 15 is 0 Å². The number of hydrogen-bond donors (Lipinski definition) is 0. The summed E-state index contributed by atoms with van der Waals surface area (Å²) in [5.74, 6) is 0. The molecular weight excluding hydrogens is 448 g/mol. The van der Waals surface area contributed by atoms with Crippen LogP contribution >= 0.6 is 0 Å². The van der Waals surface area contributed by atoms with E-state index in [2.05, 4.69) is 158 Å². The molecule has 1 heterocycles. The van der Waals surface area contributed by atoms with Crippen LogP contribution in [-0.4, -0.2) is 0 Å². The van der Waals surface area contributed by atoms with Crippen LogP contribution in [-0.2, 0) is 15.9 Å². The Hall–Kier alpha value is -4.46. The smallest absolute Gasteiger partial charge is 0.146 e. The Balaban J connectivity index is 1.72. The van der Waals surface area contributed by atoms with Crippen molar-refractivity contribution in [3.63, 3.8) is 0 Å². The molecule has 6 aromatic rings. The van der Waals surface area contributed by atoms with Crippen LogP contribution in [0.2, 0.25) is 0 Å². The van der Waals surface area contributed by atoms with Crippen molar-refractivity contribution in [2.75, 3.05) is 0 Å². The van der Waals surface area contributed by atoms with E-state index in [4.69, 9.17) is 4.74 Å². The van der Waals surface area contributed by atoms with Gasteiger partial charge in [-0.15, -0.1) is 0 Å². The molecule has 1 aliphatic heterocycles. The van der Waals surface area contributed by atoms with E-state index in [9.17, 15) is 0 Å². The van der Waals surface area contributed by atoms with Crippen LogP contribution in [0.5, 0.6) is 0 Å². The summed E-state index contributed by atoms with van der Waals surface area (Å²) in [6.07, 6.45) is 0. The first-order valence-corrected chi connectivity index (χ1v) is 12.8. The summed E-state index contributed by atoms with van der Waals surface area (Å²) in [5, 5.41) is 2.46. The van der Waals surface area contributed by atoms with Gasteiger partial charge >= 0.3 is 0 Å². The van der Waals surface area contributed by atoms with E-state index in [1.165, 1.54) is 21.9 Å². The third-order valence-electron chi connectivity index (χ3n) is 7.69. The van der Waals surface area contributed by atoms with Crippen molar-refractivity contribution in [3.8, 4) is 0 Å². The summed E-state index contributed by atoms with van der Waals surface area (Å²) < 4.78 is 7.82. The zero-order valence-corrected chi connectivity index (χ0v) is 20.4. The van der Waals surface area contributed by atoms with Gasteiger partial charge < -0.3 is 4.74 Å². The Morgan fingerprint density at radius 1 is 0.324 bits per heavy atom. The first-order chi connectivity index (χ1) is 18.3. The highest BCUT2D eigenvalue weighted by Crippen LogP contribution is 2.57. The molecule has 0 unspecified atom stereocenters. The van der Waals surface area contributed by atoms with Gasteiger partial charge in [-0.25, -0.2) is 0 Å². The molecule has 0 saturated heterocycles. The maximum absolute atomic E-state index is 7.82. The lowest BCUT2D eigenvalue weighted by Gasteiger charge is -2.50. The average Bonchev–Trinajstić information content (AvgIpc) is 3.00. The monoisotopic (exact) mass is 474 g/mol. The molecule has 0 N–H and O–H groups in total. The molecule has 0 bridgehead atoms. The van der Waals surface area contributed by atoms with Crippen molar-refractivity contribution in [2.45, 2.75) is 11.2 Å². The fraction of sp³-hybridized carbons (Fsp3) is 0.0556. The Kier molecular flexibility index (Phi) is 5.06. The second-order valence-electron chi connectivity index (χ2n) is 9.64. The minimum Gasteiger partial charge on any atom is -0.340 e. The van der Waals surface area contributed by atoms with Gasteiger partial charge in [0.05, 0.1) is 0 Å². The highest BCUT2D eigenvalue weighted by Gasteiger charge is 2.53. The normalized spacial score (nSPS) is 15.4. The number of rotatable bonds is 4. The summed E-state index contributed by atoms with van der Waals surface area (Å²) >= 11 is 0. The van der Waals surface area contributed by atoms with Gasteiger partial charge in [-0.2, -0.15) is 0 Å². The number of benzene rings is 6. The van der Waals surface area contributed by atoms with Crippen LogP contribution in [0.1, 0.15) is 33.4 Å². The van der Waals surface area contributed by atoms with E-state index in [0.717, 1.165) is 22.3 Å². The molecule has 0 aliphatic carbocycles. The van der Waals surface area contributed by atoms with Crippen molar-refractivity contribution >= 4 is 10.8 Å². The summed E-state index contributed by atoms with van der Waals surface area (Å²) in [7, 11) is 0. The largest absolute Gasteiger partial charge is 0.340 e. The van der Waals surface area contributed by atoms with Crippen LogP contribution in [0.4, 0.5) is 0 Å². The van der Waals surface area contributed by atoms with Gasteiger partial charge in [0, 0.05) is 11.1 Å². The zero-order valence-electron chi connectivity index (χ0n) is 20.4. The average molecular weight is 475 g/mol. The summed E-state index contributed by atoms with van der Waals surface area (Å²) in [6, 6.07) is 55.9. The second-order valence-corrected chi connectivity index (χ2v) is 9.64. The molecule has 7 rings (SSSR count). The third-order valence-corrected chi connectivity index (χ3v) is 7.69. The lowest BCUT2D eigenvalue weighted by atomic mass is 9.69. The fourth-order valence-corrected chi connectivity index (χ4v) is 6.15. The molecule has 0 saturated carbocycles. The SMILES string of the molecule is c1ccc(C2(c3ccccc3)OC(c3ccccc3)(c3ccccc3)c3cccc4cccc2c34)cc1. The van der Waals surface area contributed by atoms with Gasteiger partial charge in [-0.3, -0.25) is 0 Å². The van der Waals surface area contributed by atoms with Gasteiger partial charge in [-0.1, -0.05) is 158 Å². The Labute approximate surface area is 217 Å². The fourth-order valence-electron chi connectivity index (χ4n) is 6.15. The highest BCUT2D eigenvalue weighted by atomic mass is 16.5. The third kappa shape index (κ3) is 3.15. The quantitative estimate of drug-likeness (QED) is 0.249. The van der Waals surface area contributed by atoms with Crippen molar-refractivity contribution in [1.82, 2.24) is 0 Å². The van der Waals surface area contributed by atoms with Crippen molar-refractivity contribution in [3.05, 3.63) is 191 Å². The number of hydrogen-bond acceptors (Lipinski definition) is 1. The molecule has 0 fully saturated rings. The van der Waals surface area contributed by atoms with E-state index in [1.54, 1.807) is 0 Å². The summed E-state index contributed by atoms with van der Waals surface area (Å²) in [5.41, 5.74) is 5.11. The van der Waals surface area contributed by atoms with Crippen molar-refractivity contribution in [2.24, 2.45) is 0 Å². The molecule has 0 amide bonds. The van der Waals surface area contributed by atoms with Gasteiger partial charge in [0.2, 0.25) is 0 Å². The van der Waals surface area contributed by atoms with Crippen LogP contribution in [0.15, 0.2) is 158 Å². The highest BCUT2D eigenvalue weighted by molar-refractivity contribution is 5.93. The number of ether oxygens (including phenoxy) is 1.